The van der Waals surface area contributed by atoms with Gasteiger partial charge in [-0.15, -0.1) is 0 Å². The second kappa shape index (κ2) is 5.76. The van der Waals surface area contributed by atoms with Crippen LogP contribution in [-0.4, -0.2) is 0 Å². The quantitative estimate of drug-likeness (QED) is 0.486. The summed E-state index contributed by atoms with van der Waals surface area (Å²) in [4.78, 5) is 0. The molecule has 1 heterocycles. The fraction of sp³-hybridized carbons (Fsp3) is 0.647. The van der Waals surface area contributed by atoms with Crippen LogP contribution in [0.15, 0.2) is 30.3 Å². The van der Waals surface area contributed by atoms with E-state index in [0.717, 1.165) is 17.8 Å². The maximum Gasteiger partial charge on any atom is 0.114 e. The Morgan fingerprint density at radius 1 is 0.727 bits per heavy atom. The maximum absolute atomic E-state index is 2.40. The highest BCUT2D eigenvalue weighted by molar-refractivity contribution is 9.38. The van der Waals surface area contributed by atoms with Gasteiger partial charge in [0.25, 0.3) is 0 Å². The largest absolute Gasteiger partial charge is 0.114 e. The molecule has 1 aromatic carbocycles. The molecule has 1 aliphatic heterocycles. The normalized spacial score (nSPS) is 42.5. The van der Waals surface area contributed by atoms with Crippen molar-refractivity contribution in [1.29, 1.82) is 0 Å². The van der Waals surface area contributed by atoms with Gasteiger partial charge >= 0.3 is 0 Å². The van der Waals surface area contributed by atoms with Gasteiger partial charge in [0.15, 0.2) is 0 Å². The molecule has 6 rings (SSSR count). The monoisotopic (exact) mass is 384 g/mol. The molecule has 22 heavy (non-hydrogen) atoms. The first-order chi connectivity index (χ1) is 10.8. The first-order valence-electron chi connectivity index (χ1n) is 8.22. The summed E-state index contributed by atoms with van der Waals surface area (Å²) in [6, 6.07) is 11.5. The van der Waals surface area contributed by atoms with Crippen LogP contribution in [0.5, 0.6) is 0 Å². The predicted octanol–water partition coefficient (Wildman–Crippen LogP) is 7.40. The zero-order chi connectivity index (χ0) is 14.6. The molecule has 5 heteroatoms. The molecule has 0 nitrogen and oxygen atoms in total. The molecule has 4 bridgehead atoms. The minimum Gasteiger partial charge on any atom is -0.0622 e. The Morgan fingerprint density at radius 3 is 1.82 bits per heavy atom. The van der Waals surface area contributed by atoms with Gasteiger partial charge in [-0.1, -0.05) is 51.9 Å². The predicted molar refractivity (Wildman–Crippen MR) is 107 cm³/mol. The third-order valence-electron chi connectivity index (χ3n) is 6.25. The van der Waals surface area contributed by atoms with Crippen LogP contribution >= 0.6 is 51.1 Å². The highest BCUT2D eigenvalue weighted by Crippen LogP contribution is 2.80. The Balaban J connectivity index is 1.62. The third-order valence-corrected chi connectivity index (χ3v) is 16.9. The van der Waals surface area contributed by atoms with Gasteiger partial charge in [-0.3, -0.25) is 0 Å². The lowest BCUT2D eigenvalue weighted by Crippen LogP contribution is -2.54. The third kappa shape index (κ3) is 2.25. The van der Waals surface area contributed by atoms with Gasteiger partial charge in [0.2, 0.25) is 0 Å². The average Bonchev–Trinajstić information content (AvgIpc) is 2.55. The molecule has 0 unspecified atom stereocenters. The van der Waals surface area contributed by atoms with Crippen molar-refractivity contribution < 1.29 is 0 Å². The molecule has 0 radical (unpaired) electrons. The molecular formula is C17H20S5. The minimum absolute atomic E-state index is 0.269. The molecule has 0 amide bonds. The highest BCUT2D eigenvalue weighted by Gasteiger charge is 2.62. The standard InChI is InChI=1S/C17H20S5/c1-2-4-15(5-3-1)17(18-20-22-21-19-17)16-9-12-6-13(10-16)8-14(7-12)11-16/h1-5,12-14H,6-11H2. The summed E-state index contributed by atoms with van der Waals surface area (Å²) < 4.78 is 0.269. The summed E-state index contributed by atoms with van der Waals surface area (Å²) in [5, 5.41) is 0. The summed E-state index contributed by atoms with van der Waals surface area (Å²) in [6.45, 7) is 0. The Hall–Kier alpha value is 0.970. The summed E-state index contributed by atoms with van der Waals surface area (Å²) in [5.74, 6) is 3.08. The van der Waals surface area contributed by atoms with Crippen LogP contribution in [0.3, 0.4) is 0 Å². The Morgan fingerprint density at radius 2 is 1.27 bits per heavy atom. The topological polar surface area (TPSA) is 0 Å². The summed E-state index contributed by atoms with van der Waals surface area (Å²) in [5.41, 5.74) is 2.12. The zero-order valence-electron chi connectivity index (χ0n) is 12.4. The summed E-state index contributed by atoms with van der Waals surface area (Å²) in [7, 11) is 10.3. The number of benzene rings is 1. The molecule has 5 aliphatic rings. The summed E-state index contributed by atoms with van der Waals surface area (Å²) in [6.07, 6.45) is 9.07. The lowest BCUT2D eigenvalue weighted by molar-refractivity contribution is -0.0597. The maximum atomic E-state index is 2.40. The molecule has 5 fully saturated rings. The van der Waals surface area contributed by atoms with Crippen molar-refractivity contribution in [2.45, 2.75) is 42.6 Å². The SMILES string of the molecule is c1ccc(C2(C34CC5CC(CC(C5)C3)C4)SSSSS2)cc1. The van der Waals surface area contributed by atoms with E-state index in [4.69, 9.17) is 0 Å². The second-order valence-electron chi connectivity index (χ2n) is 7.55. The van der Waals surface area contributed by atoms with E-state index < -0.39 is 0 Å². The van der Waals surface area contributed by atoms with Crippen LogP contribution in [0, 0.1) is 23.2 Å². The van der Waals surface area contributed by atoms with Crippen molar-refractivity contribution in [3.8, 4) is 0 Å². The second-order valence-corrected chi connectivity index (χ2v) is 15.7. The molecule has 0 atom stereocenters. The molecule has 4 saturated carbocycles. The highest BCUT2D eigenvalue weighted by atomic mass is 33.8. The van der Waals surface area contributed by atoms with Crippen LogP contribution in [-0.2, 0) is 4.08 Å². The van der Waals surface area contributed by atoms with Gasteiger partial charge in [-0.2, -0.15) is 0 Å². The van der Waals surface area contributed by atoms with Gasteiger partial charge in [0.05, 0.1) is 0 Å². The van der Waals surface area contributed by atoms with Crippen LogP contribution < -0.4 is 0 Å². The number of hydrogen-bond acceptors (Lipinski definition) is 5. The first-order valence-corrected chi connectivity index (χ1v) is 14.4. The van der Waals surface area contributed by atoms with Crippen LogP contribution in [0.25, 0.3) is 0 Å². The molecule has 0 aromatic heterocycles. The van der Waals surface area contributed by atoms with Crippen molar-refractivity contribution in [3.05, 3.63) is 35.9 Å². The van der Waals surface area contributed by atoms with E-state index >= 15 is 0 Å². The lowest BCUT2D eigenvalue weighted by atomic mass is 9.48. The van der Waals surface area contributed by atoms with Gasteiger partial charge in [-0.25, -0.2) is 0 Å². The van der Waals surface area contributed by atoms with Crippen molar-refractivity contribution >= 4 is 51.1 Å². The average molecular weight is 385 g/mol. The van der Waals surface area contributed by atoms with Crippen molar-refractivity contribution in [1.82, 2.24) is 0 Å². The molecule has 4 aliphatic carbocycles. The zero-order valence-corrected chi connectivity index (χ0v) is 16.5. The lowest BCUT2D eigenvalue weighted by Gasteiger charge is -2.63. The van der Waals surface area contributed by atoms with Crippen molar-refractivity contribution in [2.24, 2.45) is 23.2 Å². The van der Waals surface area contributed by atoms with Crippen LogP contribution in [0.4, 0.5) is 0 Å². The molecule has 0 N–H and O–H groups in total. The Kier molecular flexibility index (Phi) is 3.99. The van der Waals surface area contributed by atoms with E-state index in [2.05, 4.69) is 51.9 Å². The molecule has 1 saturated heterocycles. The molecule has 118 valence electrons. The number of rotatable bonds is 2. The smallest absolute Gasteiger partial charge is 0.0622 e. The number of hydrogen-bond donors (Lipinski definition) is 0. The fourth-order valence-electron chi connectivity index (χ4n) is 5.90. The fourth-order valence-corrected chi connectivity index (χ4v) is 18.9. The van der Waals surface area contributed by atoms with Gasteiger partial charge in [-0.05, 0) is 91.3 Å². The van der Waals surface area contributed by atoms with Crippen molar-refractivity contribution in [3.63, 3.8) is 0 Å². The Bertz CT molecular complexity index is 516. The van der Waals surface area contributed by atoms with Crippen molar-refractivity contribution in [2.75, 3.05) is 0 Å². The molecule has 1 aromatic rings. The van der Waals surface area contributed by atoms with Gasteiger partial charge < -0.3 is 0 Å². The van der Waals surface area contributed by atoms with Crippen LogP contribution in [0.2, 0.25) is 0 Å². The molecular weight excluding hydrogens is 365 g/mol. The van der Waals surface area contributed by atoms with Gasteiger partial charge in [0.1, 0.15) is 4.08 Å². The van der Waals surface area contributed by atoms with E-state index in [-0.39, 0.29) is 4.08 Å². The van der Waals surface area contributed by atoms with E-state index in [1.54, 1.807) is 5.56 Å². The van der Waals surface area contributed by atoms with E-state index in [0.29, 0.717) is 5.41 Å². The minimum atomic E-state index is 0.269. The Labute approximate surface area is 152 Å². The summed E-state index contributed by atoms with van der Waals surface area (Å²) >= 11 is 0. The van der Waals surface area contributed by atoms with E-state index in [1.165, 1.54) is 38.5 Å². The van der Waals surface area contributed by atoms with E-state index in [1.807, 2.05) is 29.5 Å². The van der Waals surface area contributed by atoms with E-state index in [9.17, 15) is 0 Å². The molecule has 0 spiro atoms. The van der Waals surface area contributed by atoms with Gasteiger partial charge in [0, 0.05) is 5.41 Å². The van der Waals surface area contributed by atoms with Crippen LogP contribution in [0.1, 0.15) is 44.1 Å². The first kappa shape index (κ1) is 15.2.